The predicted octanol–water partition coefficient (Wildman–Crippen LogP) is 1.55. The maximum absolute atomic E-state index is 11.6. The summed E-state index contributed by atoms with van der Waals surface area (Å²) < 4.78 is 0. The number of fused-ring (bicyclic) bond motifs is 2. The molecule has 0 radical (unpaired) electrons. The van der Waals surface area contributed by atoms with Gasteiger partial charge < -0.3 is 15.1 Å². The van der Waals surface area contributed by atoms with Gasteiger partial charge in [-0.3, -0.25) is 4.90 Å². The summed E-state index contributed by atoms with van der Waals surface area (Å²) in [6, 6.07) is 9.70. The average molecular weight is 326 g/mol. The first-order valence-corrected chi connectivity index (χ1v) is 9.57. The number of hydrogen-bond acceptors (Lipinski definition) is 4. The van der Waals surface area contributed by atoms with Crippen molar-refractivity contribution in [1.29, 1.82) is 0 Å². The van der Waals surface area contributed by atoms with E-state index in [0.717, 1.165) is 19.3 Å². The Morgan fingerprint density at radius 2 is 2.00 bits per heavy atom. The smallest absolute Gasteiger partial charge is 0.111 e. The van der Waals surface area contributed by atoms with Crippen molar-refractivity contribution in [1.82, 2.24) is 4.90 Å². The number of para-hydroxylation sites is 1. The Balaban J connectivity index is 1.60. The van der Waals surface area contributed by atoms with Gasteiger partial charge in [-0.15, -0.1) is 0 Å². The Kier molecular flexibility index (Phi) is 2.45. The van der Waals surface area contributed by atoms with Gasteiger partial charge in [0.25, 0.3) is 0 Å². The zero-order valence-electron chi connectivity index (χ0n) is 14.3. The largest absolute Gasteiger partial charge is 0.392 e. The monoisotopic (exact) mass is 326 g/mol. The van der Waals surface area contributed by atoms with Crippen LogP contribution in [0, 0.1) is 17.8 Å². The molecule has 24 heavy (non-hydrogen) atoms. The SMILES string of the molecule is CC[C@@H]1C(O)N2[C@H]3C[C@@]45c6ccccc6N(C)[C@H]4[C@@H]2C[C@@H]1[C@@H]3C5O. The van der Waals surface area contributed by atoms with Gasteiger partial charge in [-0.1, -0.05) is 25.1 Å². The first-order valence-electron chi connectivity index (χ1n) is 9.57. The summed E-state index contributed by atoms with van der Waals surface area (Å²) in [7, 11) is 2.19. The van der Waals surface area contributed by atoms with Gasteiger partial charge in [-0.05, 0) is 36.8 Å². The highest BCUT2D eigenvalue weighted by Crippen LogP contribution is 2.68. The predicted molar refractivity (Wildman–Crippen MR) is 91.7 cm³/mol. The molecule has 5 bridgehead atoms. The highest BCUT2D eigenvalue weighted by atomic mass is 16.3. The number of hydrogen-bond donors (Lipinski definition) is 2. The minimum atomic E-state index is -0.319. The normalized spacial score (nSPS) is 55.8. The van der Waals surface area contributed by atoms with Crippen LogP contribution in [0.4, 0.5) is 5.69 Å². The Morgan fingerprint density at radius 3 is 2.79 bits per heavy atom. The van der Waals surface area contributed by atoms with Crippen LogP contribution < -0.4 is 4.90 Å². The fraction of sp³-hybridized carbons (Fsp3) is 0.700. The number of nitrogens with zero attached hydrogens (tertiary/aromatic N) is 2. The average Bonchev–Trinajstić information content (AvgIpc) is 2.97. The van der Waals surface area contributed by atoms with E-state index in [9.17, 15) is 10.2 Å². The van der Waals surface area contributed by atoms with E-state index in [-0.39, 0.29) is 17.7 Å². The van der Waals surface area contributed by atoms with Crippen molar-refractivity contribution in [2.45, 2.75) is 62.1 Å². The van der Waals surface area contributed by atoms with Crippen LogP contribution in [-0.4, -0.2) is 52.6 Å². The van der Waals surface area contributed by atoms with Crippen LogP contribution in [0.5, 0.6) is 0 Å². The van der Waals surface area contributed by atoms with Crippen molar-refractivity contribution < 1.29 is 10.2 Å². The van der Waals surface area contributed by atoms with E-state index in [1.165, 1.54) is 11.3 Å². The molecular formula is C20H26N2O2. The van der Waals surface area contributed by atoms with Crippen molar-refractivity contribution in [3.05, 3.63) is 29.8 Å². The van der Waals surface area contributed by atoms with Crippen LogP contribution in [0.2, 0.25) is 0 Å². The molecule has 4 nitrogen and oxygen atoms in total. The van der Waals surface area contributed by atoms with Crippen LogP contribution in [0.25, 0.3) is 0 Å². The van der Waals surface area contributed by atoms with Crippen LogP contribution in [0.3, 0.4) is 0 Å². The molecule has 4 saturated heterocycles. The third-order valence-electron chi connectivity index (χ3n) is 8.46. The van der Waals surface area contributed by atoms with Gasteiger partial charge in [0.1, 0.15) is 6.23 Å². The summed E-state index contributed by atoms with van der Waals surface area (Å²) in [6.07, 6.45) is 2.56. The lowest BCUT2D eigenvalue weighted by Gasteiger charge is -2.62. The van der Waals surface area contributed by atoms with Crippen molar-refractivity contribution in [3.63, 3.8) is 0 Å². The molecule has 2 N–H and O–H groups in total. The number of likely N-dealkylation sites (N-methyl/N-ethyl adjacent to an activating group) is 1. The summed E-state index contributed by atoms with van der Waals surface area (Å²) in [5.41, 5.74) is 2.51. The molecule has 0 aromatic heterocycles. The van der Waals surface area contributed by atoms with E-state index in [0.29, 0.717) is 35.9 Å². The quantitative estimate of drug-likeness (QED) is 0.822. The molecule has 1 spiro atoms. The lowest BCUT2D eigenvalue weighted by atomic mass is 9.62. The summed E-state index contributed by atoms with van der Waals surface area (Å²) in [5, 5.41) is 22.6. The number of anilines is 1. The van der Waals surface area contributed by atoms with E-state index in [4.69, 9.17) is 0 Å². The van der Waals surface area contributed by atoms with Crippen LogP contribution in [0.15, 0.2) is 24.3 Å². The number of benzene rings is 1. The van der Waals surface area contributed by atoms with Gasteiger partial charge in [-0.2, -0.15) is 0 Å². The zero-order chi connectivity index (χ0) is 16.4. The Bertz CT molecular complexity index is 723. The van der Waals surface area contributed by atoms with E-state index < -0.39 is 0 Å². The molecule has 5 heterocycles. The molecular weight excluding hydrogens is 300 g/mol. The van der Waals surface area contributed by atoms with Gasteiger partial charge in [0.2, 0.25) is 0 Å². The molecule has 7 rings (SSSR count). The number of rotatable bonds is 1. The van der Waals surface area contributed by atoms with Gasteiger partial charge in [-0.25, -0.2) is 0 Å². The molecule has 1 aliphatic carbocycles. The fourth-order valence-electron chi connectivity index (χ4n) is 7.88. The highest BCUT2D eigenvalue weighted by molar-refractivity contribution is 5.67. The van der Waals surface area contributed by atoms with Crippen molar-refractivity contribution in [2.75, 3.05) is 11.9 Å². The van der Waals surface area contributed by atoms with Crippen molar-refractivity contribution in [3.8, 4) is 0 Å². The maximum Gasteiger partial charge on any atom is 0.111 e. The fourth-order valence-corrected chi connectivity index (χ4v) is 7.88. The molecule has 128 valence electrons. The molecule has 10 atom stereocenters. The molecule has 4 heteroatoms. The third-order valence-corrected chi connectivity index (χ3v) is 8.46. The second kappa shape index (κ2) is 4.17. The molecule has 5 fully saturated rings. The zero-order valence-corrected chi connectivity index (χ0v) is 14.3. The molecule has 0 amide bonds. The molecule has 3 unspecified atom stereocenters. The summed E-state index contributed by atoms with van der Waals surface area (Å²) in [4.78, 5) is 4.83. The minimum absolute atomic E-state index is 0.126. The second-order valence-corrected chi connectivity index (χ2v) is 8.81. The maximum atomic E-state index is 11.6. The standard InChI is InChI=1S/C20H26N2O2/c1-3-10-11-8-14-17-20(12-6-4-5-7-13(12)21(17)2)9-15(16(11)18(20)23)22(14)19(10)24/h4-7,10-11,14-19,23-24H,3,8-9H2,1-2H3/t10-,11-,14-,15-,16-,17-,18?,19?,20+/m0/s1. The van der Waals surface area contributed by atoms with Crippen molar-refractivity contribution >= 4 is 5.69 Å². The molecule has 1 aromatic rings. The summed E-state index contributed by atoms with van der Waals surface area (Å²) in [5.74, 6) is 1.14. The number of piperidine rings is 4. The Labute approximate surface area is 143 Å². The van der Waals surface area contributed by atoms with Crippen molar-refractivity contribution in [2.24, 2.45) is 17.8 Å². The van der Waals surface area contributed by atoms with Gasteiger partial charge in [0.15, 0.2) is 0 Å². The van der Waals surface area contributed by atoms with Gasteiger partial charge >= 0.3 is 0 Å². The molecule has 6 aliphatic rings. The van der Waals surface area contributed by atoms with E-state index in [1.54, 1.807) is 0 Å². The van der Waals surface area contributed by atoms with Crippen LogP contribution >= 0.6 is 0 Å². The van der Waals surface area contributed by atoms with E-state index >= 15 is 0 Å². The lowest BCUT2D eigenvalue weighted by Crippen LogP contribution is -2.72. The van der Waals surface area contributed by atoms with Gasteiger partial charge in [0.05, 0.1) is 12.1 Å². The second-order valence-electron chi connectivity index (χ2n) is 8.81. The first kappa shape index (κ1) is 14.1. The topological polar surface area (TPSA) is 46.9 Å². The Morgan fingerprint density at radius 1 is 1.21 bits per heavy atom. The number of aliphatic hydroxyl groups is 2. The molecule has 5 aliphatic heterocycles. The van der Waals surface area contributed by atoms with Crippen LogP contribution in [-0.2, 0) is 5.41 Å². The first-order chi connectivity index (χ1) is 11.6. The minimum Gasteiger partial charge on any atom is -0.392 e. The lowest BCUT2D eigenvalue weighted by molar-refractivity contribution is -0.211. The number of aliphatic hydroxyl groups excluding tert-OH is 2. The highest BCUT2D eigenvalue weighted by Gasteiger charge is 2.76. The Hall–Kier alpha value is -1.10. The molecule has 1 aromatic carbocycles. The van der Waals surface area contributed by atoms with Crippen LogP contribution in [0.1, 0.15) is 31.7 Å². The van der Waals surface area contributed by atoms with E-state index in [2.05, 4.69) is 48.0 Å². The summed E-state index contributed by atoms with van der Waals surface area (Å²) in [6.45, 7) is 2.19. The van der Waals surface area contributed by atoms with Gasteiger partial charge in [0, 0.05) is 42.1 Å². The molecule has 1 saturated carbocycles. The summed E-state index contributed by atoms with van der Waals surface area (Å²) >= 11 is 0. The van der Waals surface area contributed by atoms with E-state index in [1.807, 2.05) is 0 Å². The third kappa shape index (κ3) is 1.20.